The summed E-state index contributed by atoms with van der Waals surface area (Å²) < 4.78 is 5.36. The van der Waals surface area contributed by atoms with Crippen LogP contribution in [0.1, 0.15) is 31.9 Å². The van der Waals surface area contributed by atoms with Gasteiger partial charge >= 0.3 is 5.97 Å². The highest BCUT2D eigenvalue weighted by molar-refractivity contribution is 6.27. The third-order valence-electron chi connectivity index (χ3n) is 9.98. The van der Waals surface area contributed by atoms with Crippen molar-refractivity contribution in [2.24, 2.45) is 35.0 Å². The van der Waals surface area contributed by atoms with Gasteiger partial charge in [0.15, 0.2) is 0 Å². The molecule has 2 saturated heterocycles. The van der Waals surface area contributed by atoms with Gasteiger partial charge in [0.2, 0.25) is 23.6 Å². The zero-order valence-electron chi connectivity index (χ0n) is 24.9. The van der Waals surface area contributed by atoms with Crippen molar-refractivity contribution >= 4 is 52.3 Å². The van der Waals surface area contributed by atoms with Gasteiger partial charge in [-0.05, 0) is 39.8 Å². The Labute approximate surface area is 255 Å². The van der Waals surface area contributed by atoms with Gasteiger partial charge in [0.25, 0.3) is 11.4 Å². The second-order valence-electron chi connectivity index (χ2n) is 12.1. The van der Waals surface area contributed by atoms with E-state index in [4.69, 9.17) is 4.74 Å². The van der Waals surface area contributed by atoms with E-state index >= 15 is 0 Å². The molecule has 1 saturated carbocycles. The van der Waals surface area contributed by atoms with Gasteiger partial charge in [-0.2, -0.15) is 0 Å². The Morgan fingerprint density at radius 1 is 0.778 bits per heavy atom. The zero-order chi connectivity index (χ0) is 32.9. The van der Waals surface area contributed by atoms with Crippen LogP contribution in [-0.4, -0.2) is 46.1 Å². The maximum atomic E-state index is 14.3. The predicted molar refractivity (Wildman–Crippen MR) is 156 cm³/mol. The number of hydrogen-bond donors (Lipinski definition) is 0. The fourth-order valence-corrected chi connectivity index (χ4v) is 8.19. The summed E-state index contributed by atoms with van der Waals surface area (Å²) in [5.74, 6) is -9.64. The smallest absolute Gasteiger partial charge is 0.334 e. The zero-order valence-corrected chi connectivity index (χ0v) is 24.9. The predicted octanol–water partition coefficient (Wildman–Crippen LogP) is 3.56. The molecule has 3 aliphatic carbocycles. The minimum absolute atomic E-state index is 0.0172. The fourth-order valence-electron chi connectivity index (χ4n) is 8.19. The number of ether oxygens (including phenoxy) is 1. The van der Waals surface area contributed by atoms with E-state index in [-0.39, 0.29) is 34.9 Å². The second-order valence-corrected chi connectivity index (χ2v) is 12.1. The van der Waals surface area contributed by atoms with Gasteiger partial charge in [0.1, 0.15) is 0 Å². The van der Waals surface area contributed by atoms with Crippen LogP contribution < -0.4 is 9.80 Å². The summed E-state index contributed by atoms with van der Waals surface area (Å²) in [5.41, 5.74) is -1.36. The van der Waals surface area contributed by atoms with Crippen LogP contribution in [0, 0.1) is 69.1 Å². The standard InChI is InChI=1S/C31H28N4O10/c1-6-45-30(40)23-15(4)20-21-24(28(38)32(26(21)36)16-9-7-13(2)18(11-16)34(41)42)31(23,5)25-22(20)27(37)33(29(25)39)17-10-8-14(3)19(12-17)35(43)44/h7-12,20-22,24-25H,6H2,1-5H3/t20?,21-,22-,24-,25+,31?/m1/s1. The average molecular weight is 617 g/mol. The summed E-state index contributed by atoms with van der Waals surface area (Å²) in [4.78, 5) is 94.3. The number of anilines is 2. The van der Waals surface area contributed by atoms with Crippen molar-refractivity contribution in [3.05, 3.63) is 78.9 Å². The third kappa shape index (κ3) is 3.77. The van der Waals surface area contributed by atoms with Gasteiger partial charge in [-0.3, -0.25) is 39.4 Å². The van der Waals surface area contributed by atoms with Crippen molar-refractivity contribution < 1.29 is 38.6 Å². The number of nitro benzene ring substituents is 2. The molecule has 5 aliphatic rings. The number of hydrogen-bond acceptors (Lipinski definition) is 10. The molecule has 2 aliphatic heterocycles. The van der Waals surface area contributed by atoms with E-state index in [1.165, 1.54) is 45.0 Å². The van der Waals surface area contributed by atoms with Crippen molar-refractivity contribution in [3.8, 4) is 0 Å². The first kappa shape index (κ1) is 29.8. The third-order valence-corrected chi connectivity index (χ3v) is 9.98. The van der Waals surface area contributed by atoms with Crippen molar-refractivity contribution in [1.29, 1.82) is 0 Å². The number of nitro groups is 2. The van der Waals surface area contributed by atoms with Crippen molar-refractivity contribution in [1.82, 2.24) is 0 Å². The molecular weight excluding hydrogens is 588 g/mol. The van der Waals surface area contributed by atoms with Crippen LogP contribution in [0.2, 0.25) is 0 Å². The quantitative estimate of drug-likeness (QED) is 0.201. The highest BCUT2D eigenvalue weighted by atomic mass is 16.6. The Hall–Kier alpha value is -5.27. The summed E-state index contributed by atoms with van der Waals surface area (Å²) >= 11 is 0. The van der Waals surface area contributed by atoms with Gasteiger partial charge in [0, 0.05) is 40.2 Å². The summed E-state index contributed by atoms with van der Waals surface area (Å²) in [6, 6.07) is 7.91. The molecule has 14 nitrogen and oxygen atoms in total. The van der Waals surface area contributed by atoms with Crippen LogP contribution in [0.4, 0.5) is 22.7 Å². The summed E-state index contributed by atoms with van der Waals surface area (Å²) in [6.07, 6.45) is 0. The normalized spacial score (nSPS) is 28.5. The van der Waals surface area contributed by atoms with Gasteiger partial charge in [-0.15, -0.1) is 0 Å². The topological polar surface area (TPSA) is 187 Å². The van der Waals surface area contributed by atoms with E-state index in [1.807, 2.05) is 0 Å². The lowest BCUT2D eigenvalue weighted by Gasteiger charge is -2.55. The molecule has 7 rings (SSSR count). The molecule has 0 aromatic heterocycles. The first-order chi connectivity index (χ1) is 21.2. The number of imide groups is 2. The van der Waals surface area contributed by atoms with E-state index in [9.17, 15) is 44.2 Å². The summed E-state index contributed by atoms with van der Waals surface area (Å²) in [6.45, 7) is 7.69. The molecule has 4 amide bonds. The lowest BCUT2D eigenvalue weighted by Crippen LogP contribution is -2.61. The first-order valence-electron chi connectivity index (χ1n) is 14.3. The Kier molecular flexibility index (Phi) is 6.53. The largest absolute Gasteiger partial charge is 0.463 e. The average Bonchev–Trinajstić information content (AvgIpc) is 3.39. The van der Waals surface area contributed by atoms with E-state index < -0.39 is 74.4 Å². The molecule has 2 unspecified atom stereocenters. The highest BCUT2D eigenvalue weighted by Gasteiger charge is 2.77. The van der Waals surface area contributed by atoms with E-state index in [0.29, 0.717) is 16.7 Å². The Morgan fingerprint density at radius 2 is 1.20 bits per heavy atom. The van der Waals surface area contributed by atoms with E-state index in [0.717, 1.165) is 21.9 Å². The molecule has 2 heterocycles. The van der Waals surface area contributed by atoms with Crippen LogP contribution in [0.3, 0.4) is 0 Å². The summed E-state index contributed by atoms with van der Waals surface area (Å²) in [7, 11) is 0. The van der Waals surface area contributed by atoms with Gasteiger partial charge in [-0.25, -0.2) is 14.6 Å². The van der Waals surface area contributed by atoms with Crippen molar-refractivity contribution in [2.75, 3.05) is 16.4 Å². The number of nitrogens with zero attached hydrogens (tertiary/aromatic N) is 4. The number of allylic oxidation sites excluding steroid dienone is 1. The highest BCUT2D eigenvalue weighted by Crippen LogP contribution is 2.69. The SMILES string of the molecule is CCOC(=O)C1=C(C)C2[C@H]3C(=O)N(c4ccc(C)c([N+](=O)[O-])c4)C(=O)[C@H]3C1(C)[C@H]1C(=O)N(c3ccc(C)c([N+](=O)[O-])c3)C(=O)[C@H]21. The number of benzene rings is 2. The lowest BCUT2D eigenvalue weighted by atomic mass is 9.43. The first-order valence-corrected chi connectivity index (χ1v) is 14.3. The maximum absolute atomic E-state index is 14.3. The molecule has 3 fully saturated rings. The van der Waals surface area contributed by atoms with Gasteiger partial charge in [0.05, 0.1) is 51.5 Å². The van der Waals surface area contributed by atoms with Crippen LogP contribution >= 0.6 is 0 Å². The van der Waals surface area contributed by atoms with Crippen LogP contribution in [0.15, 0.2) is 47.5 Å². The number of amides is 4. The molecule has 2 bridgehead atoms. The Morgan fingerprint density at radius 3 is 1.58 bits per heavy atom. The minimum Gasteiger partial charge on any atom is -0.463 e. The molecule has 6 atom stereocenters. The Bertz CT molecular complexity index is 1720. The van der Waals surface area contributed by atoms with Crippen molar-refractivity contribution in [3.63, 3.8) is 0 Å². The molecule has 0 radical (unpaired) electrons. The monoisotopic (exact) mass is 616 g/mol. The number of carbonyl (C=O) groups is 5. The summed E-state index contributed by atoms with van der Waals surface area (Å²) in [5, 5.41) is 23.3. The van der Waals surface area contributed by atoms with Crippen molar-refractivity contribution in [2.45, 2.75) is 34.6 Å². The molecule has 232 valence electrons. The van der Waals surface area contributed by atoms with Gasteiger partial charge in [-0.1, -0.05) is 24.6 Å². The number of esters is 1. The van der Waals surface area contributed by atoms with Gasteiger partial charge < -0.3 is 4.74 Å². The van der Waals surface area contributed by atoms with Crippen LogP contribution in [-0.2, 0) is 28.7 Å². The van der Waals surface area contributed by atoms with Crippen LogP contribution in [0.25, 0.3) is 0 Å². The maximum Gasteiger partial charge on any atom is 0.334 e. The lowest BCUT2D eigenvalue weighted by molar-refractivity contribution is -0.385. The molecule has 0 spiro atoms. The van der Waals surface area contributed by atoms with E-state index in [1.54, 1.807) is 13.8 Å². The van der Waals surface area contributed by atoms with E-state index in [2.05, 4.69) is 0 Å². The Balaban J connectivity index is 1.53. The molecule has 14 heteroatoms. The number of aryl methyl sites for hydroxylation is 2. The van der Waals surface area contributed by atoms with Crippen LogP contribution in [0.5, 0.6) is 0 Å². The fraction of sp³-hybridized carbons (Fsp3) is 0.387. The second kappa shape index (κ2) is 9.87. The molecule has 45 heavy (non-hydrogen) atoms. The molecule has 2 aromatic carbocycles. The number of carbonyl (C=O) groups excluding carboxylic acids is 5. The minimum atomic E-state index is -1.70. The molecule has 2 aromatic rings. The molecular formula is C31H28N4O10. The number of rotatable bonds is 6. The molecule has 0 N–H and O–H groups in total.